The molecular weight excluding hydrogens is 394 g/mol. The van der Waals surface area contributed by atoms with Gasteiger partial charge in [0.25, 0.3) is 0 Å². The highest BCUT2D eigenvalue weighted by molar-refractivity contribution is 7.10. The minimum Gasteiger partial charge on any atom is -0.337 e. The molecule has 0 radical (unpaired) electrons. The number of benzene rings is 1. The lowest BCUT2D eigenvalue weighted by Crippen LogP contribution is -2.41. The Kier molecular flexibility index (Phi) is 8.28. The second-order valence-electron chi connectivity index (χ2n) is 7.58. The van der Waals surface area contributed by atoms with Gasteiger partial charge in [-0.25, -0.2) is 4.99 Å². The summed E-state index contributed by atoms with van der Waals surface area (Å²) in [5.41, 5.74) is 2.71. The number of hydrogen-bond donors (Lipinski definition) is 2. The second-order valence-corrected chi connectivity index (χ2v) is 8.58. The molecule has 2 aromatic rings. The van der Waals surface area contributed by atoms with Crippen molar-refractivity contribution in [1.82, 2.24) is 10.2 Å². The predicted molar refractivity (Wildman–Crippen MR) is 123 cm³/mol. The maximum Gasteiger partial charge on any atom is 0.212 e. The van der Waals surface area contributed by atoms with Gasteiger partial charge < -0.3 is 10.2 Å². The van der Waals surface area contributed by atoms with Crippen molar-refractivity contribution in [3.05, 3.63) is 46.2 Å². The number of nitrogens with zero attached hydrogens (tertiary/aromatic N) is 3. The first kappa shape index (κ1) is 21.8. The van der Waals surface area contributed by atoms with Crippen LogP contribution in [-0.4, -0.2) is 23.8 Å². The zero-order valence-electron chi connectivity index (χ0n) is 17.4. The summed E-state index contributed by atoms with van der Waals surface area (Å²) in [6.45, 7) is 3.87. The standard InChI is InChI=1S/C16H15N5OS.C7H14/c17-10-18-16(20-14-3-1-13(2-4-14)19-11-22)21-7-5-15-12(9-21)6-8-23-15;1-2-7-5-3-4-6-7/h1-4,6,8,11H,5,7,9H2,(H,18,20)(H,19,22);7H,2-6H2,1H3. The molecule has 1 saturated carbocycles. The van der Waals surface area contributed by atoms with Gasteiger partial charge in [-0.05, 0) is 53.6 Å². The number of aliphatic imine (C=N–C) groups is 1. The summed E-state index contributed by atoms with van der Waals surface area (Å²) >= 11 is 1.78. The summed E-state index contributed by atoms with van der Waals surface area (Å²) in [7, 11) is 0. The van der Waals surface area contributed by atoms with Gasteiger partial charge in [-0.1, -0.05) is 39.0 Å². The van der Waals surface area contributed by atoms with E-state index in [1.807, 2.05) is 6.19 Å². The molecule has 1 aliphatic heterocycles. The van der Waals surface area contributed by atoms with E-state index < -0.39 is 0 Å². The lowest BCUT2D eigenvalue weighted by Gasteiger charge is -2.28. The van der Waals surface area contributed by atoms with E-state index in [-0.39, 0.29) is 0 Å². The first-order valence-electron chi connectivity index (χ1n) is 10.6. The summed E-state index contributed by atoms with van der Waals surface area (Å²) in [5, 5.41) is 16.4. The number of nitrogens with one attached hydrogen (secondary N) is 2. The number of carbonyl (C=O) groups excluding carboxylic acids is 1. The van der Waals surface area contributed by atoms with E-state index in [4.69, 9.17) is 5.26 Å². The summed E-state index contributed by atoms with van der Waals surface area (Å²) in [4.78, 5) is 18.4. The number of thiophene rings is 1. The van der Waals surface area contributed by atoms with Crippen molar-refractivity contribution in [3.8, 4) is 6.19 Å². The van der Waals surface area contributed by atoms with Gasteiger partial charge in [0.05, 0.1) is 5.69 Å². The van der Waals surface area contributed by atoms with Gasteiger partial charge in [-0.2, -0.15) is 5.26 Å². The Bertz CT molecular complexity index is 878. The lowest BCUT2D eigenvalue weighted by molar-refractivity contribution is -0.105. The fraction of sp³-hybridized carbons (Fsp3) is 0.435. The maximum absolute atomic E-state index is 10.4. The van der Waals surface area contributed by atoms with Gasteiger partial charge in [0.2, 0.25) is 12.4 Å². The lowest BCUT2D eigenvalue weighted by atomic mass is 10.1. The highest BCUT2D eigenvalue weighted by Gasteiger charge is 2.20. The van der Waals surface area contributed by atoms with E-state index in [1.54, 1.807) is 35.6 Å². The van der Waals surface area contributed by atoms with Crippen LogP contribution in [0.25, 0.3) is 0 Å². The smallest absolute Gasteiger partial charge is 0.212 e. The van der Waals surface area contributed by atoms with Crippen molar-refractivity contribution >= 4 is 35.1 Å². The molecule has 158 valence electrons. The van der Waals surface area contributed by atoms with E-state index >= 15 is 0 Å². The molecule has 0 bridgehead atoms. The summed E-state index contributed by atoms with van der Waals surface area (Å²) in [6.07, 6.45) is 11.0. The van der Waals surface area contributed by atoms with Crippen molar-refractivity contribution in [2.24, 2.45) is 10.9 Å². The number of nitriles is 1. The number of anilines is 1. The van der Waals surface area contributed by atoms with Crippen molar-refractivity contribution < 1.29 is 4.79 Å². The van der Waals surface area contributed by atoms with Crippen LogP contribution in [0.4, 0.5) is 11.4 Å². The third-order valence-electron chi connectivity index (χ3n) is 5.65. The van der Waals surface area contributed by atoms with Gasteiger partial charge >= 0.3 is 0 Å². The third kappa shape index (κ3) is 6.07. The fourth-order valence-electron chi connectivity index (χ4n) is 3.90. The molecule has 1 amide bonds. The Balaban J connectivity index is 0.000000310. The van der Waals surface area contributed by atoms with Gasteiger partial charge in [0.15, 0.2) is 6.19 Å². The number of guanidine groups is 1. The van der Waals surface area contributed by atoms with E-state index in [1.165, 1.54) is 42.5 Å². The topological polar surface area (TPSA) is 80.5 Å². The molecule has 2 N–H and O–H groups in total. The largest absolute Gasteiger partial charge is 0.337 e. The Labute approximate surface area is 182 Å². The van der Waals surface area contributed by atoms with Crippen molar-refractivity contribution in [1.29, 1.82) is 5.26 Å². The van der Waals surface area contributed by atoms with E-state index in [2.05, 4.69) is 38.9 Å². The first-order valence-corrected chi connectivity index (χ1v) is 11.5. The molecule has 0 atom stereocenters. The van der Waals surface area contributed by atoms with Crippen LogP contribution >= 0.6 is 11.3 Å². The van der Waals surface area contributed by atoms with Crippen LogP contribution in [0, 0.1) is 17.4 Å². The molecule has 1 fully saturated rings. The zero-order chi connectivity index (χ0) is 21.2. The SMILES string of the molecule is CCC1CCCC1.N#CNC(=Nc1ccc(NC=O)cc1)N1CCc2sccc2C1. The van der Waals surface area contributed by atoms with Crippen LogP contribution in [0.1, 0.15) is 49.5 Å². The summed E-state index contributed by atoms with van der Waals surface area (Å²) in [6, 6.07) is 9.25. The molecule has 1 aliphatic carbocycles. The van der Waals surface area contributed by atoms with Crippen LogP contribution in [-0.2, 0) is 17.8 Å². The molecule has 7 heteroatoms. The molecule has 4 rings (SSSR count). The molecule has 1 aromatic carbocycles. The number of fused-ring (bicyclic) bond motifs is 1. The van der Waals surface area contributed by atoms with Gasteiger partial charge in [0.1, 0.15) is 0 Å². The Morgan fingerprint density at radius 2 is 2.07 bits per heavy atom. The van der Waals surface area contributed by atoms with Crippen LogP contribution < -0.4 is 10.6 Å². The van der Waals surface area contributed by atoms with E-state index in [0.717, 1.165) is 31.1 Å². The zero-order valence-corrected chi connectivity index (χ0v) is 18.3. The summed E-state index contributed by atoms with van der Waals surface area (Å²) < 4.78 is 0. The third-order valence-corrected chi connectivity index (χ3v) is 6.68. The normalized spacial score (nSPS) is 16.1. The minimum absolute atomic E-state index is 0.542. The van der Waals surface area contributed by atoms with Crippen molar-refractivity contribution in [2.45, 2.75) is 52.0 Å². The number of amides is 1. The first-order chi connectivity index (χ1) is 14.7. The highest BCUT2D eigenvalue weighted by Crippen LogP contribution is 2.27. The van der Waals surface area contributed by atoms with Crippen molar-refractivity contribution in [3.63, 3.8) is 0 Å². The number of rotatable bonds is 4. The molecule has 0 spiro atoms. The quantitative estimate of drug-likeness (QED) is 0.238. The fourth-order valence-corrected chi connectivity index (χ4v) is 4.79. The van der Waals surface area contributed by atoms with Crippen LogP contribution in [0.3, 0.4) is 0 Å². The Hall–Kier alpha value is -2.85. The predicted octanol–water partition coefficient (Wildman–Crippen LogP) is 5.02. The number of hydrogen-bond acceptors (Lipinski definition) is 4. The van der Waals surface area contributed by atoms with Gasteiger partial charge in [0, 0.05) is 23.7 Å². The van der Waals surface area contributed by atoms with E-state index in [9.17, 15) is 4.79 Å². The van der Waals surface area contributed by atoms with Gasteiger partial charge in [-0.15, -0.1) is 11.3 Å². The monoisotopic (exact) mass is 423 g/mol. The average molecular weight is 424 g/mol. The van der Waals surface area contributed by atoms with Crippen LogP contribution in [0.15, 0.2) is 40.7 Å². The minimum atomic E-state index is 0.542. The molecule has 6 nitrogen and oxygen atoms in total. The maximum atomic E-state index is 10.4. The van der Waals surface area contributed by atoms with Crippen LogP contribution in [0.2, 0.25) is 0 Å². The van der Waals surface area contributed by atoms with Crippen molar-refractivity contribution in [2.75, 3.05) is 11.9 Å². The Morgan fingerprint density at radius 3 is 2.70 bits per heavy atom. The molecule has 2 aliphatic rings. The van der Waals surface area contributed by atoms with Crippen LogP contribution in [0.5, 0.6) is 0 Å². The molecule has 30 heavy (non-hydrogen) atoms. The summed E-state index contributed by atoms with van der Waals surface area (Å²) in [5.74, 6) is 1.64. The molecule has 0 saturated heterocycles. The molecular formula is C23H29N5OS. The number of carbonyl (C=O) groups is 1. The highest BCUT2D eigenvalue weighted by atomic mass is 32.1. The molecule has 0 unspecified atom stereocenters. The average Bonchev–Trinajstić information content (AvgIpc) is 3.46. The second kappa shape index (κ2) is 11.4. The van der Waals surface area contributed by atoms with E-state index in [0.29, 0.717) is 18.1 Å². The van der Waals surface area contributed by atoms with Gasteiger partial charge in [-0.3, -0.25) is 10.1 Å². The Morgan fingerprint density at radius 1 is 1.30 bits per heavy atom. The molecule has 1 aromatic heterocycles. The molecule has 2 heterocycles.